The van der Waals surface area contributed by atoms with Crippen LogP contribution in [0.1, 0.15) is 58.8 Å². The first-order valence-corrected chi connectivity index (χ1v) is 6.05. The summed E-state index contributed by atoms with van der Waals surface area (Å²) in [5, 5.41) is 0. The van der Waals surface area contributed by atoms with Gasteiger partial charge in [-0.3, -0.25) is 0 Å². The predicted octanol–water partition coefficient (Wildman–Crippen LogP) is 4.56. The van der Waals surface area contributed by atoms with Crippen LogP contribution in [0.4, 0.5) is 0 Å². The quantitative estimate of drug-likeness (QED) is 0.398. The van der Waals surface area contributed by atoms with E-state index in [-0.39, 0.29) is 0 Å². The summed E-state index contributed by atoms with van der Waals surface area (Å²) in [4.78, 5) is 0. The van der Waals surface area contributed by atoms with Crippen LogP contribution in [0.25, 0.3) is 0 Å². The Balaban J connectivity index is 1.96. The van der Waals surface area contributed by atoms with Gasteiger partial charge in [0.1, 0.15) is 0 Å². The van der Waals surface area contributed by atoms with Crippen LogP contribution >= 0.6 is 0 Å². The molecule has 0 radical (unpaired) electrons. The van der Waals surface area contributed by atoms with Gasteiger partial charge in [-0.25, -0.2) is 0 Å². The Hall–Kier alpha value is -0.260. The maximum Gasteiger partial charge on any atom is -0.0202 e. The van der Waals surface area contributed by atoms with Crippen LogP contribution in [-0.2, 0) is 0 Å². The highest BCUT2D eigenvalue weighted by molar-refractivity contribution is 5.01. The lowest BCUT2D eigenvalue weighted by Crippen LogP contribution is -1.81. The summed E-state index contributed by atoms with van der Waals surface area (Å²) in [6.45, 7) is 4.53. The van der Waals surface area contributed by atoms with Crippen molar-refractivity contribution in [2.45, 2.75) is 58.8 Å². The molecular weight excluding hydrogens is 156 g/mol. The van der Waals surface area contributed by atoms with E-state index in [2.05, 4.69) is 26.0 Å². The predicted molar refractivity (Wildman–Crippen MR) is 59.8 cm³/mol. The van der Waals surface area contributed by atoms with Gasteiger partial charge >= 0.3 is 0 Å². The zero-order valence-corrected chi connectivity index (χ0v) is 9.26. The van der Waals surface area contributed by atoms with Gasteiger partial charge in [0.05, 0.1) is 0 Å². The van der Waals surface area contributed by atoms with E-state index in [1.54, 1.807) is 0 Å². The van der Waals surface area contributed by atoms with Crippen LogP contribution in [0.5, 0.6) is 0 Å². The fraction of sp³-hybridized carbons (Fsp3) is 0.846. The first-order chi connectivity index (χ1) is 6.38. The third-order valence-corrected chi connectivity index (χ3v) is 2.99. The molecule has 0 nitrogen and oxygen atoms in total. The minimum atomic E-state index is 0.961. The molecule has 1 rings (SSSR count). The average molecular weight is 180 g/mol. The number of unbranched alkanes of at least 4 members (excludes halogenated alkanes) is 3. The molecule has 76 valence electrons. The standard InChI is InChI=1S/C13H24/c1-3-5-7-9-12-11-13(12)10-8-6-4-2/h7,9,12-13H,3-6,8,10-11H2,1-2H3. The highest BCUT2D eigenvalue weighted by Gasteiger charge is 2.33. The fourth-order valence-corrected chi connectivity index (χ4v) is 1.93. The lowest BCUT2D eigenvalue weighted by molar-refractivity contribution is 0.605. The molecule has 2 atom stereocenters. The smallest absolute Gasteiger partial charge is 0.0202 e. The van der Waals surface area contributed by atoms with Crippen LogP contribution < -0.4 is 0 Å². The van der Waals surface area contributed by atoms with Gasteiger partial charge in [-0.15, -0.1) is 0 Å². The Morgan fingerprint density at radius 1 is 1.15 bits per heavy atom. The largest absolute Gasteiger partial charge is 0.0883 e. The molecule has 0 amide bonds. The van der Waals surface area contributed by atoms with E-state index in [9.17, 15) is 0 Å². The SMILES string of the molecule is CCCC=CC1CC1CCCCC. The van der Waals surface area contributed by atoms with E-state index in [0.717, 1.165) is 11.8 Å². The van der Waals surface area contributed by atoms with Gasteiger partial charge in [0.15, 0.2) is 0 Å². The average Bonchev–Trinajstić information content (AvgIpc) is 2.85. The van der Waals surface area contributed by atoms with Crippen molar-refractivity contribution in [1.82, 2.24) is 0 Å². The number of hydrogen-bond donors (Lipinski definition) is 0. The first kappa shape index (κ1) is 10.8. The Bertz CT molecular complexity index is 146. The second-order valence-corrected chi connectivity index (χ2v) is 4.37. The fourth-order valence-electron chi connectivity index (χ4n) is 1.93. The minimum absolute atomic E-state index is 0.961. The summed E-state index contributed by atoms with van der Waals surface area (Å²) >= 11 is 0. The third kappa shape index (κ3) is 4.50. The molecular formula is C13H24. The summed E-state index contributed by atoms with van der Waals surface area (Å²) in [7, 11) is 0. The summed E-state index contributed by atoms with van der Waals surface area (Å²) in [6, 6.07) is 0. The van der Waals surface area contributed by atoms with Crippen molar-refractivity contribution >= 4 is 0 Å². The van der Waals surface area contributed by atoms with E-state index in [0.29, 0.717) is 0 Å². The molecule has 0 heterocycles. The molecule has 1 saturated carbocycles. The van der Waals surface area contributed by atoms with Crippen molar-refractivity contribution in [2.75, 3.05) is 0 Å². The molecule has 0 N–H and O–H groups in total. The van der Waals surface area contributed by atoms with Crippen molar-refractivity contribution in [3.05, 3.63) is 12.2 Å². The van der Waals surface area contributed by atoms with Crippen molar-refractivity contribution in [1.29, 1.82) is 0 Å². The molecule has 13 heavy (non-hydrogen) atoms. The maximum atomic E-state index is 2.46. The second kappa shape index (κ2) is 6.23. The maximum absolute atomic E-state index is 2.46. The normalized spacial score (nSPS) is 26.9. The molecule has 0 bridgehead atoms. The summed E-state index contributed by atoms with van der Waals surface area (Å²) < 4.78 is 0. The van der Waals surface area contributed by atoms with Gasteiger partial charge in [-0.2, -0.15) is 0 Å². The molecule has 0 aliphatic heterocycles. The van der Waals surface area contributed by atoms with Crippen molar-refractivity contribution in [3.63, 3.8) is 0 Å². The van der Waals surface area contributed by atoms with E-state index < -0.39 is 0 Å². The third-order valence-electron chi connectivity index (χ3n) is 2.99. The molecule has 2 unspecified atom stereocenters. The number of rotatable bonds is 7. The molecule has 1 fully saturated rings. The van der Waals surface area contributed by atoms with Gasteiger partial charge in [0, 0.05) is 0 Å². The minimum Gasteiger partial charge on any atom is -0.0883 e. The molecule has 1 aliphatic carbocycles. The Kier molecular flexibility index (Phi) is 5.19. The van der Waals surface area contributed by atoms with Gasteiger partial charge < -0.3 is 0 Å². The monoisotopic (exact) mass is 180 g/mol. The van der Waals surface area contributed by atoms with Crippen molar-refractivity contribution < 1.29 is 0 Å². The summed E-state index contributed by atoms with van der Waals surface area (Å²) in [5.41, 5.74) is 0. The lowest BCUT2D eigenvalue weighted by Gasteiger charge is -1.95. The van der Waals surface area contributed by atoms with E-state index in [4.69, 9.17) is 0 Å². The van der Waals surface area contributed by atoms with E-state index >= 15 is 0 Å². The molecule has 0 aromatic carbocycles. The lowest BCUT2D eigenvalue weighted by atomic mass is 10.1. The van der Waals surface area contributed by atoms with Crippen LogP contribution in [0, 0.1) is 11.8 Å². The number of allylic oxidation sites excluding steroid dienone is 2. The topological polar surface area (TPSA) is 0 Å². The van der Waals surface area contributed by atoms with Crippen LogP contribution in [0.2, 0.25) is 0 Å². The second-order valence-electron chi connectivity index (χ2n) is 4.37. The number of hydrogen-bond acceptors (Lipinski definition) is 0. The van der Waals surface area contributed by atoms with E-state index in [1.165, 1.54) is 44.9 Å². The molecule has 0 aromatic heterocycles. The van der Waals surface area contributed by atoms with Gasteiger partial charge in [-0.05, 0) is 31.1 Å². The van der Waals surface area contributed by atoms with Gasteiger partial charge in [-0.1, -0.05) is 51.7 Å². The van der Waals surface area contributed by atoms with Crippen LogP contribution in [0.15, 0.2) is 12.2 Å². The Morgan fingerprint density at radius 2 is 2.00 bits per heavy atom. The van der Waals surface area contributed by atoms with E-state index in [1.807, 2.05) is 0 Å². The van der Waals surface area contributed by atoms with Gasteiger partial charge in [0.25, 0.3) is 0 Å². The highest BCUT2D eigenvalue weighted by atomic mass is 14.4. The zero-order valence-electron chi connectivity index (χ0n) is 9.26. The zero-order chi connectivity index (χ0) is 9.52. The Labute approximate surface area is 83.4 Å². The Morgan fingerprint density at radius 3 is 2.69 bits per heavy atom. The van der Waals surface area contributed by atoms with Crippen molar-refractivity contribution in [2.24, 2.45) is 11.8 Å². The highest BCUT2D eigenvalue weighted by Crippen LogP contribution is 2.43. The summed E-state index contributed by atoms with van der Waals surface area (Å²) in [5.74, 6) is 2.02. The van der Waals surface area contributed by atoms with Crippen LogP contribution in [-0.4, -0.2) is 0 Å². The van der Waals surface area contributed by atoms with Crippen LogP contribution in [0.3, 0.4) is 0 Å². The molecule has 1 aliphatic rings. The molecule has 0 spiro atoms. The van der Waals surface area contributed by atoms with Gasteiger partial charge in [0.2, 0.25) is 0 Å². The van der Waals surface area contributed by atoms with Crippen molar-refractivity contribution in [3.8, 4) is 0 Å². The molecule has 0 aromatic rings. The molecule has 0 heteroatoms. The summed E-state index contributed by atoms with van der Waals surface area (Å²) in [6.07, 6.45) is 14.6. The first-order valence-electron chi connectivity index (χ1n) is 6.05. The molecule has 0 saturated heterocycles.